The molecule has 3 heteroatoms. The van der Waals surface area contributed by atoms with Crippen molar-refractivity contribution in [3.8, 4) is 0 Å². The molecule has 17 heavy (non-hydrogen) atoms. The topological polar surface area (TPSA) is 49.3 Å². The van der Waals surface area contributed by atoms with Crippen LogP contribution in [-0.2, 0) is 4.79 Å². The molecule has 0 radical (unpaired) electrons. The lowest BCUT2D eigenvalue weighted by atomic mass is 9.88. The van der Waals surface area contributed by atoms with E-state index in [1.54, 1.807) is 24.3 Å². The second-order valence-corrected chi connectivity index (χ2v) is 5.41. The van der Waals surface area contributed by atoms with E-state index in [0.717, 1.165) is 0 Å². The average Bonchev–Trinajstić information content (AvgIpc) is 2.27. The Morgan fingerprint density at radius 1 is 1.24 bits per heavy atom. The number of nitrogens with one attached hydrogen (secondary N) is 1. The van der Waals surface area contributed by atoms with Crippen molar-refractivity contribution >= 4 is 5.91 Å². The van der Waals surface area contributed by atoms with Crippen LogP contribution in [0.5, 0.6) is 0 Å². The average molecular weight is 235 g/mol. The van der Waals surface area contributed by atoms with Crippen LogP contribution in [0.15, 0.2) is 30.3 Å². The Labute approximate surface area is 103 Å². The number of hydrogen-bond acceptors (Lipinski definition) is 2. The number of hydrogen-bond donors (Lipinski definition) is 2. The van der Waals surface area contributed by atoms with Gasteiger partial charge in [-0.15, -0.1) is 0 Å². The fraction of sp³-hybridized carbons (Fsp3) is 0.500. The molecule has 0 saturated heterocycles. The fourth-order valence-electron chi connectivity index (χ4n) is 1.30. The molecule has 0 aliphatic heterocycles. The third kappa shape index (κ3) is 3.86. The van der Waals surface area contributed by atoms with Gasteiger partial charge >= 0.3 is 0 Å². The molecule has 2 atom stereocenters. The number of carbonyl (C=O) groups is 1. The van der Waals surface area contributed by atoms with Crippen LogP contribution >= 0.6 is 0 Å². The monoisotopic (exact) mass is 235 g/mol. The van der Waals surface area contributed by atoms with Crippen LogP contribution in [0.1, 0.15) is 39.4 Å². The first kappa shape index (κ1) is 13.7. The zero-order valence-electron chi connectivity index (χ0n) is 10.9. The quantitative estimate of drug-likeness (QED) is 0.844. The third-order valence-corrected chi connectivity index (χ3v) is 3.02. The smallest absolute Gasteiger partial charge is 0.253 e. The van der Waals surface area contributed by atoms with Gasteiger partial charge in [0.05, 0.1) is 0 Å². The van der Waals surface area contributed by atoms with E-state index in [9.17, 15) is 9.90 Å². The Kier molecular flexibility index (Phi) is 4.29. The summed E-state index contributed by atoms with van der Waals surface area (Å²) in [6, 6.07) is 8.95. The van der Waals surface area contributed by atoms with Crippen molar-refractivity contribution in [1.82, 2.24) is 5.32 Å². The molecule has 1 rings (SSSR count). The number of carbonyl (C=O) groups excluding carboxylic acids is 1. The van der Waals surface area contributed by atoms with Crippen molar-refractivity contribution in [2.24, 2.45) is 5.41 Å². The van der Waals surface area contributed by atoms with Crippen molar-refractivity contribution in [1.29, 1.82) is 0 Å². The summed E-state index contributed by atoms with van der Waals surface area (Å²) in [7, 11) is 0. The van der Waals surface area contributed by atoms with Gasteiger partial charge in [-0.1, -0.05) is 51.1 Å². The van der Waals surface area contributed by atoms with Gasteiger partial charge in [0.1, 0.15) is 0 Å². The van der Waals surface area contributed by atoms with Gasteiger partial charge in [-0.3, -0.25) is 4.79 Å². The third-order valence-electron chi connectivity index (χ3n) is 3.02. The van der Waals surface area contributed by atoms with Crippen LogP contribution < -0.4 is 5.32 Å². The van der Waals surface area contributed by atoms with Gasteiger partial charge in [0.15, 0.2) is 6.10 Å². The van der Waals surface area contributed by atoms with Gasteiger partial charge in [-0.25, -0.2) is 0 Å². The molecular weight excluding hydrogens is 214 g/mol. The lowest BCUT2D eigenvalue weighted by Crippen LogP contribution is -2.43. The summed E-state index contributed by atoms with van der Waals surface area (Å²) in [6.07, 6.45) is -1.10. The molecule has 1 amide bonds. The molecule has 1 aromatic rings. The van der Waals surface area contributed by atoms with Crippen LogP contribution in [0.4, 0.5) is 0 Å². The zero-order valence-corrected chi connectivity index (χ0v) is 10.9. The molecule has 94 valence electrons. The van der Waals surface area contributed by atoms with Gasteiger partial charge < -0.3 is 10.4 Å². The lowest BCUT2D eigenvalue weighted by Gasteiger charge is -2.29. The van der Waals surface area contributed by atoms with Gasteiger partial charge in [-0.2, -0.15) is 0 Å². The van der Waals surface area contributed by atoms with Gasteiger partial charge in [0, 0.05) is 6.04 Å². The largest absolute Gasteiger partial charge is 0.378 e. The number of aliphatic hydroxyl groups is 1. The van der Waals surface area contributed by atoms with Gasteiger partial charge in [0.2, 0.25) is 0 Å². The number of rotatable bonds is 3. The van der Waals surface area contributed by atoms with E-state index in [1.807, 2.05) is 33.8 Å². The first-order valence-corrected chi connectivity index (χ1v) is 5.86. The van der Waals surface area contributed by atoms with Gasteiger partial charge in [-0.05, 0) is 17.9 Å². The summed E-state index contributed by atoms with van der Waals surface area (Å²) in [5.41, 5.74) is 0.595. The maximum absolute atomic E-state index is 11.8. The van der Waals surface area contributed by atoms with Crippen molar-refractivity contribution in [2.75, 3.05) is 0 Å². The van der Waals surface area contributed by atoms with Crippen LogP contribution in [0.3, 0.4) is 0 Å². The van der Waals surface area contributed by atoms with Crippen molar-refractivity contribution < 1.29 is 9.90 Å². The van der Waals surface area contributed by atoms with Crippen molar-refractivity contribution in [2.45, 2.75) is 39.8 Å². The van der Waals surface area contributed by atoms with E-state index in [-0.39, 0.29) is 17.4 Å². The van der Waals surface area contributed by atoms with Crippen LogP contribution in [0, 0.1) is 5.41 Å². The fourth-order valence-corrected chi connectivity index (χ4v) is 1.30. The van der Waals surface area contributed by atoms with Crippen LogP contribution in [-0.4, -0.2) is 17.1 Å². The maximum Gasteiger partial charge on any atom is 0.253 e. The highest BCUT2D eigenvalue weighted by molar-refractivity contribution is 5.82. The minimum atomic E-state index is -1.10. The molecule has 0 fully saturated rings. The van der Waals surface area contributed by atoms with Crippen molar-refractivity contribution in [3.63, 3.8) is 0 Å². The van der Waals surface area contributed by atoms with E-state index < -0.39 is 6.10 Å². The maximum atomic E-state index is 11.8. The summed E-state index contributed by atoms with van der Waals surface area (Å²) in [5.74, 6) is -0.348. The highest BCUT2D eigenvalue weighted by Crippen LogP contribution is 2.20. The Morgan fingerprint density at radius 3 is 2.24 bits per heavy atom. The second-order valence-electron chi connectivity index (χ2n) is 5.41. The van der Waals surface area contributed by atoms with E-state index >= 15 is 0 Å². The summed E-state index contributed by atoms with van der Waals surface area (Å²) >= 11 is 0. The standard InChI is InChI=1S/C14H21NO2/c1-10(14(2,3)4)15-13(17)12(16)11-8-6-5-7-9-11/h5-10,12,16H,1-4H3,(H,15,17). The Bertz CT molecular complexity index is 368. The summed E-state index contributed by atoms with van der Waals surface area (Å²) in [6.45, 7) is 8.09. The number of aliphatic hydroxyl groups excluding tert-OH is 1. The van der Waals surface area contributed by atoms with E-state index in [1.165, 1.54) is 0 Å². The minimum Gasteiger partial charge on any atom is -0.378 e. The van der Waals surface area contributed by atoms with E-state index in [0.29, 0.717) is 5.56 Å². The molecule has 0 aliphatic carbocycles. The predicted molar refractivity (Wildman–Crippen MR) is 68.5 cm³/mol. The molecule has 0 heterocycles. The molecule has 1 aromatic carbocycles. The SMILES string of the molecule is CC(NC(=O)C(O)c1ccccc1)C(C)(C)C. The molecule has 0 aromatic heterocycles. The molecular formula is C14H21NO2. The molecule has 2 unspecified atom stereocenters. The zero-order chi connectivity index (χ0) is 13.1. The normalized spacial score (nSPS) is 15.1. The summed E-state index contributed by atoms with van der Waals surface area (Å²) in [5, 5.41) is 12.7. The predicted octanol–water partition coefficient (Wildman–Crippen LogP) is 2.27. The second kappa shape index (κ2) is 5.32. The Balaban J connectivity index is 2.66. The first-order chi connectivity index (χ1) is 7.82. The first-order valence-electron chi connectivity index (χ1n) is 5.86. The van der Waals surface area contributed by atoms with Crippen molar-refractivity contribution in [3.05, 3.63) is 35.9 Å². The Morgan fingerprint density at radius 2 is 1.76 bits per heavy atom. The molecule has 2 N–H and O–H groups in total. The number of amides is 1. The number of benzene rings is 1. The van der Waals surface area contributed by atoms with Crippen LogP contribution in [0.2, 0.25) is 0 Å². The Hall–Kier alpha value is -1.35. The molecule has 0 spiro atoms. The van der Waals surface area contributed by atoms with Crippen LogP contribution in [0.25, 0.3) is 0 Å². The molecule has 0 bridgehead atoms. The van der Waals surface area contributed by atoms with Gasteiger partial charge in [0.25, 0.3) is 5.91 Å². The highest BCUT2D eigenvalue weighted by Gasteiger charge is 2.25. The molecule has 3 nitrogen and oxygen atoms in total. The summed E-state index contributed by atoms with van der Waals surface area (Å²) < 4.78 is 0. The summed E-state index contributed by atoms with van der Waals surface area (Å²) in [4.78, 5) is 11.8. The van der Waals surface area contributed by atoms with E-state index in [2.05, 4.69) is 5.32 Å². The molecule has 0 aliphatic rings. The van der Waals surface area contributed by atoms with E-state index in [4.69, 9.17) is 0 Å². The molecule has 0 saturated carbocycles. The highest BCUT2D eigenvalue weighted by atomic mass is 16.3. The lowest BCUT2D eigenvalue weighted by molar-refractivity contribution is -0.131. The minimum absolute atomic E-state index is 0.00774.